The van der Waals surface area contributed by atoms with Gasteiger partial charge >= 0.3 is 0 Å². The monoisotopic (exact) mass is 356 g/mol. The summed E-state index contributed by atoms with van der Waals surface area (Å²) < 4.78 is 0. The van der Waals surface area contributed by atoms with Crippen LogP contribution in [0.1, 0.15) is 26.7 Å². The zero-order chi connectivity index (χ0) is 17.8. The van der Waals surface area contributed by atoms with E-state index in [1.54, 1.807) is 11.8 Å². The van der Waals surface area contributed by atoms with Gasteiger partial charge in [-0.1, -0.05) is 30.3 Å². The molecule has 1 fully saturated rings. The van der Waals surface area contributed by atoms with Crippen molar-refractivity contribution in [3.63, 3.8) is 0 Å². The summed E-state index contributed by atoms with van der Waals surface area (Å²) in [5.41, 5.74) is 0. The van der Waals surface area contributed by atoms with Gasteiger partial charge < -0.3 is 9.80 Å². The zero-order valence-corrected chi connectivity index (χ0v) is 16.3. The fraction of sp³-hybridized carbons (Fsp3) is 0.476. The number of hydrogen-bond donors (Lipinski definition) is 0. The molecule has 3 rings (SSSR count). The van der Waals surface area contributed by atoms with Crippen molar-refractivity contribution < 1.29 is 4.79 Å². The molecule has 1 aliphatic rings. The molecule has 134 valence electrons. The summed E-state index contributed by atoms with van der Waals surface area (Å²) in [5, 5.41) is 2.47. The lowest BCUT2D eigenvalue weighted by Gasteiger charge is -2.38. The van der Waals surface area contributed by atoms with Crippen molar-refractivity contribution in [3.05, 3.63) is 42.5 Å². The molecule has 0 aliphatic carbocycles. The number of benzene rings is 2. The van der Waals surface area contributed by atoms with E-state index in [-0.39, 0.29) is 5.91 Å². The number of amides is 1. The van der Waals surface area contributed by atoms with E-state index in [9.17, 15) is 4.79 Å². The van der Waals surface area contributed by atoms with E-state index in [0.29, 0.717) is 17.8 Å². The van der Waals surface area contributed by atoms with Gasteiger partial charge in [0.25, 0.3) is 0 Å². The van der Waals surface area contributed by atoms with Crippen molar-refractivity contribution >= 4 is 28.4 Å². The summed E-state index contributed by atoms with van der Waals surface area (Å²) in [7, 11) is 1.97. The van der Waals surface area contributed by atoms with E-state index in [1.165, 1.54) is 10.8 Å². The Morgan fingerprint density at radius 3 is 2.52 bits per heavy atom. The van der Waals surface area contributed by atoms with Crippen LogP contribution < -0.4 is 0 Å². The Hall–Kier alpha value is -1.52. The predicted octanol–water partition coefficient (Wildman–Crippen LogP) is 4.26. The number of nitrogens with zero attached hydrogens (tertiary/aromatic N) is 2. The molecule has 3 nitrogen and oxygen atoms in total. The number of piperidine rings is 1. The van der Waals surface area contributed by atoms with E-state index in [0.717, 1.165) is 30.8 Å². The Balaban J connectivity index is 1.53. The molecule has 2 aromatic rings. The molecule has 0 radical (unpaired) electrons. The second-order valence-electron chi connectivity index (χ2n) is 7.16. The molecule has 0 atom stereocenters. The summed E-state index contributed by atoms with van der Waals surface area (Å²) >= 11 is 1.64. The average molecular weight is 357 g/mol. The normalized spacial score (nSPS) is 16.5. The van der Waals surface area contributed by atoms with E-state index in [1.807, 2.05) is 11.9 Å². The van der Waals surface area contributed by atoms with Gasteiger partial charge in [-0.2, -0.15) is 0 Å². The zero-order valence-electron chi connectivity index (χ0n) is 15.4. The first-order valence-electron chi connectivity index (χ1n) is 9.16. The second-order valence-corrected chi connectivity index (χ2v) is 8.21. The molecule has 2 aromatic carbocycles. The van der Waals surface area contributed by atoms with Gasteiger partial charge in [0.05, 0.1) is 5.75 Å². The molecule has 1 amide bonds. The van der Waals surface area contributed by atoms with Gasteiger partial charge in [-0.05, 0) is 49.6 Å². The fourth-order valence-electron chi connectivity index (χ4n) is 3.50. The molecule has 1 aliphatic heterocycles. The fourth-order valence-corrected chi connectivity index (χ4v) is 4.37. The maximum Gasteiger partial charge on any atom is 0.232 e. The first-order valence-corrected chi connectivity index (χ1v) is 10.1. The molecule has 0 N–H and O–H groups in total. The number of carbonyl (C=O) groups excluding carboxylic acids is 1. The Labute approximate surface area is 155 Å². The minimum atomic E-state index is 0.237. The topological polar surface area (TPSA) is 23.6 Å². The molecule has 1 heterocycles. The lowest BCUT2D eigenvalue weighted by molar-refractivity contribution is -0.130. The summed E-state index contributed by atoms with van der Waals surface area (Å²) in [5.74, 6) is 0.750. The summed E-state index contributed by atoms with van der Waals surface area (Å²) in [6, 6.07) is 15.8. The molecular formula is C21H28N2OS. The van der Waals surface area contributed by atoms with E-state index in [2.05, 4.69) is 61.2 Å². The predicted molar refractivity (Wildman–Crippen MR) is 107 cm³/mol. The van der Waals surface area contributed by atoms with Gasteiger partial charge in [0, 0.05) is 37.1 Å². The lowest BCUT2D eigenvalue weighted by Crippen LogP contribution is -2.47. The van der Waals surface area contributed by atoms with Crippen molar-refractivity contribution in [1.82, 2.24) is 9.80 Å². The Kier molecular flexibility index (Phi) is 6.02. The smallest absolute Gasteiger partial charge is 0.232 e. The van der Waals surface area contributed by atoms with Gasteiger partial charge in [-0.25, -0.2) is 0 Å². The highest BCUT2D eigenvalue weighted by molar-refractivity contribution is 8.00. The van der Waals surface area contributed by atoms with Crippen molar-refractivity contribution in [2.24, 2.45) is 0 Å². The maximum atomic E-state index is 12.6. The number of thioether (sulfide) groups is 1. The van der Waals surface area contributed by atoms with Crippen LogP contribution in [0.5, 0.6) is 0 Å². The summed E-state index contributed by atoms with van der Waals surface area (Å²) in [6.07, 6.45) is 2.17. The highest BCUT2D eigenvalue weighted by atomic mass is 32.2. The number of fused-ring (bicyclic) bond motifs is 1. The van der Waals surface area contributed by atoms with Crippen molar-refractivity contribution in [2.75, 3.05) is 25.9 Å². The van der Waals surface area contributed by atoms with Crippen LogP contribution in [-0.2, 0) is 4.79 Å². The molecule has 0 saturated carbocycles. The molecule has 0 unspecified atom stereocenters. The third-order valence-corrected chi connectivity index (χ3v) is 6.23. The van der Waals surface area contributed by atoms with Crippen LogP contribution in [0.25, 0.3) is 10.8 Å². The van der Waals surface area contributed by atoms with Gasteiger partial charge in [-0.3, -0.25) is 4.79 Å². The van der Waals surface area contributed by atoms with Crippen molar-refractivity contribution in [1.29, 1.82) is 0 Å². The van der Waals surface area contributed by atoms with Crippen LogP contribution in [0.15, 0.2) is 47.4 Å². The molecule has 0 spiro atoms. The van der Waals surface area contributed by atoms with Gasteiger partial charge in [0.2, 0.25) is 5.91 Å². The summed E-state index contributed by atoms with van der Waals surface area (Å²) in [4.78, 5) is 18.2. The minimum absolute atomic E-state index is 0.237. The summed E-state index contributed by atoms with van der Waals surface area (Å²) in [6.45, 7) is 6.68. The molecule has 4 heteroatoms. The molecule has 25 heavy (non-hydrogen) atoms. The van der Waals surface area contributed by atoms with E-state index in [4.69, 9.17) is 0 Å². The third kappa shape index (κ3) is 4.56. The van der Waals surface area contributed by atoms with Crippen LogP contribution in [0, 0.1) is 0 Å². The van der Waals surface area contributed by atoms with Crippen LogP contribution in [0.4, 0.5) is 0 Å². The first kappa shape index (κ1) is 18.3. The first-order chi connectivity index (χ1) is 12.0. The highest BCUT2D eigenvalue weighted by Gasteiger charge is 2.26. The maximum absolute atomic E-state index is 12.6. The van der Waals surface area contributed by atoms with Crippen LogP contribution in [0.2, 0.25) is 0 Å². The molecular weight excluding hydrogens is 328 g/mol. The Morgan fingerprint density at radius 2 is 1.84 bits per heavy atom. The average Bonchev–Trinajstić information content (AvgIpc) is 2.65. The SMILES string of the molecule is CC(C)N1CCC(N(C)C(=O)CSc2ccc3ccccc3c2)CC1. The largest absolute Gasteiger partial charge is 0.342 e. The second kappa shape index (κ2) is 8.24. The molecule has 1 saturated heterocycles. The molecule has 0 bridgehead atoms. The lowest BCUT2D eigenvalue weighted by atomic mass is 10.0. The number of carbonyl (C=O) groups is 1. The standard InChI is InChI=1S/C21H28N2OS/c1-16(2)23-12-10-19(11-13-23)22(3)21(24)15-25-20-9-8-17-6-4-5-7-18(17)14-20/h4-9,14,16,19H,10-13,15H2,1-3H3. The van der Waals surface area contributed by atoms with Crippen molar-refractivity contribution in [3.8, 4) is 0 Å². The molecule has 0 aromatic heterocycles. The van der Waals surface area contributed by atoms with Crippen molar-refractivity contribution in [2.45, 2.75) is 43.7 Å². The van der Waals surface area contributed by atoms with Gasteiger partial charge in [0.1, 0.15) is 0 Å². The van der Waals surface area contributed by atoms with Gasteiger partial charge in [-0.15, -0.1) is 11.8 Å². The van der Waals surface area contributed by atoms with E-state index < -0.39 is 0 Å². The quantitative estimate of drug-likeness (QED) is 0.748. The third-order valence-electron chi connectivity index (χ3n) is 5.25. The Morgan fingerprint density at radius 1 is 1.16 bits per heavy atom. The van der Waals surface area contributed by atoms with Gasteiger partial charge in [0.15, 0.2) is 0 Å². The minimum Gasteiger partial charge on any atom is -0.342 e. The van der Waals surface area contributed by atoms with Crippen LogP contribution >= 0.6 is 11.8 Å². The van der Waals surface area contributed by atoms with E-state index >= 15 is 0 Å². The van der Waals surface area contributed by atoms with Crippen LogP contribution in [0.3, 0.4) is 0 Å². The number of likely N-dealkylation sites (tertiary alicyclic amines) is 1. The van der Waals surface area contributed by atoms with Crippen LogP contribution in [-0.4, -0.2) is 53.7 Å². The number of hydrogen-bond acceptors (Lipinski definition) is 3. The Bertz CT molecular complexity index is 723. The highest BCUT2D eigenvalue weighted by Crippen LogP contribution is 2.25. The number of rotatable bonds is 5.